The van der Waals surface area contributed by atoms with E-state index in [0.29, 0.717) is 16.8 Å². The molecule has 0 radical (unpaired) electrons. The van der Waals surface area contributed by atoms with Crippen LogP contribution in [-0.2, 0) is 9.59 Å². The zero-order valence-electron chi connectivity index (χ0n) is 13.5. The Morgan fingerprint density at radius 1 is 0.870 bits per heavy atom. The van der Waals surface area contributed by atoms with Crippen LogP contribution in [0.4, 0.5) is 5.69 Å². The summed E-state index contributed by atoms with van der Waals surface area (Å²) in [6.07, 6.45) is -0.149. The Morgan fingerprint density at radius 3 is 2.04 bits per heavy atom. The standard InChI is InChI=1S/C19H19NO3/c1-12-4-5-16(10-13(12)2)19(23)15-6-8-17(9-7-15)20-18(22)11-14(3)21/h4-10H,11H2,1-3H3,(H,20,22). The first-order chi connectivity index (χ1) is 10.9. The molecule has 0 bridgehead atoms. The number of benzene rings is 2. The molecule has 0 aliphatic rings. The van der Waals surface area contributed by atoms with Gasteiger partial charge >= 0.3 is 0 Å². The van der Waals surface area contributed by atoms with Crippen LogP contribution in [0.25, 0.3) is 0 Å². The van der Waals surface area contributed by atoms with Crippen molar-refractivity contribution in [3.63, 3.8) is 0 Å². The number of rotatable bonds is 5. The van der Waals surface area contributed by atoms with Gasteiger partial charge in [-0.3, -0.25) is 14.4 Å². The summed E-state index contributed by atoms with van der Waals surface area (Å²) in [7, 11) is 0. The van der Waals surface area contributed by atoms with Gasteiger partial charge in [0.25, 0.3) is 0 Å². The molecule has 0 atom stereocenters. The molecule has 2 aromatic carbocycles. The fourth-order valence-electron chi connectivity index (χ4n) is 2.19. The molecule has 1 amide bonds. The summed E-state index contributed by atoms with van der Waals surface area (Å²) >= 11 is 0. The average molecular weight is 309 g/mol. The largest absolute Gasteiger partial charge is 0.326 e. The van der Waals surface area contributed by atoms with Gasteiger partial charge < -0.3 is 5.32 Å². The average Bonchev–Trinajstić information content (AvgIpc) is 2.49. The van der Waals surface area contributed by atoms with E-state index in [0.717, 1.165) is 11.1 Å². The molecule has 0 aliphatic carbocycles. The summed E-state index contributed by atoms with van der Waals surface area (Å²) in [5.41, 5.74) is 3.97. The van der Waals surface area contributed by atoms with Crippen molar-refractivity contribution >= 4 is 23.2 Å². The molecule has 0 heterocycles. The van der Waals surface area contributed by atoms with Gasteiger partial charge in [-0.05, 0) is 62.2 Å². The molecule has 0 saturated heterocycles. The monoisotopic (exact) mass is 309 g/mol. The summed E-state index contributed by atoms with van der Waals surface area (Å²) in [5.74, 6) is -0.607. The van der Waals surface area contributed by atoms with E-state index in [1.165, 1.54) is 6.92 Å². The zero-order chi connectivity index (χ0) is 17.0. The van der Waals surface area contributed by atoms with Crippen molar-refractivity contribution in [3.8, 4) is 0 Å². The molecule has 2 rings (SSSR count). The van der Waals surface area contributed by atoms with Crippen LogP contribution in [-0.4, -0.2) is 17.5 Å². The lowest BCUT2D eigenvalue weighted by Crippen LogP contribution is -2.14. The van der Waals surface area contributed by atoms with E-state index < -0.39 is 0 Å². The predicted octanol–water partition coefficient (Wildman–Crippen LogP) is 3.45. The highest BCUT2D eigenvalue weighted by Crippen LogP contribution is 2.16. The Balaban J connectivity index is 2.12. The lowest BCUT2D eigenvalue weighted by atomic mass is 9.99. The third-order valence-electron chi connectivity index (χ3n) is 3.61. The highest BCUT2D eigenvalue weighted by molar-refractivity contribution is 6.09. The van der Waals surface area contributed by atoms with Crippen molar-refractivity contribution in [3.05, 3.63) is 64.7 Å². The Bertz CT molecular complexity index is 761. The second kappa shape index (κ2) is 7.01. The number of hydrogen-bond donors (Lipinski definition) is 1. The number of carbonyl (C=O) groups is 3. The normalized spacial score (nSPS) is 10.2. The van der Waals surface area contributed by atoms with E-state index in [1.807, 2.05) is 32.0 Å². The first kappa shape index (κ1) is 16.6. The van der Waals surface area contributed by atoms with Gasteiger partial charge in [0.15, 0.2) is 5.78 Å². The summed E-state index contributed by atoms with van der Waals surface area (Å²) in [6, 6.07) is 12.3. The van der Waals surface area contributed by atoms with Crippen LogP contribution in [0.2, 0.25) is 0 Å². The quantitative estimate of drug-likeness (QED) is 0.679. The van der Waals surface area contributed by atoms with Gasteiger partial charge in [0.2, 0.25) is 5.91 Å². The maximum absolute atomic E-state index is 12.5. The summed E-state index contributed by atoms with van der Waals surface area (Å²) in [6.45, 7) is 5.34. The van der Waals surface area contributed by atoms with Gasteiger partial charge in [-0.15, -0.1) is 0 Å². The van der Waals surface area contributed by atoms with Gasteiger partial charge in [-0.2, -0.15) is 0 Å². The van der Waals surface area contributed by atoms with Crippen molar-refractivity contribution in [2.75, 3.05) is 5.32 Å². The zero-order valence-corrected chi connectivity index (χ0v) is 13.5. The molecule has 0 unspecified atom stereocenters. The summed E-state index contributed by atoms with van der Waals surface area (Å²) in [4.78, 5) is 34.9. The summed E-state index contributed by atoms with van der Waals surface area (Å²) in [5, 5.41) is 2.62. The van der Waals surface area contributed by atoms with Crippen molar-refractivity contribution in [1.82, 2.24) is 0 Å². The minimum Gasteiger partial charge on any atom is -0.326 e. The second-order valence-corrected chi connectivity index (χ2v) is 5.63. The molecule has 4 heteroatoms. The van der Waals surface area contributed by atoms with Gasteiger partial charge in [-0.25, -0.2) is 0 Å². The molecule has 0 spiro atoms. The molecule has 4 nitrogen and oxygen atoms in total. The number of nitrogens with one attached hydrogen (secondary N) is 1. The van der Waals surface area contributed by atoms with Crippen LogP contribution < -0.4 is 5.32 Å². The Hall–Kier alpha value is -2.75. The minimum absolute atomic E-state index is 0.0605. The number of carbonyl (C=O) groups excluding carboxylic acids is 3. The van der Waals surface area contributed by atoms with Crippen LogP contribution in [0.1, 0.15) is 40.4 Å². The van der Waals surface area contributed by atoms with E-state index in [-0.39, 0.29) is 23.9 Å². The SMILES string of the molecule is CC(=O)CC(=O)Nc1ccc(C(=O)c2ccc(C)c(C)c2)cc1. The third-order valence-corrected chi connectivity index (χ3v) is 3.61. The molecule has 2 aromatic rings. The Labute approximate surface area is 135 Å². The van der Waals surface area contributed by atoms with Crippen LogP contribution in [0.3, 0.4) is 0 Å². The fourth-order valence-corrected chi connectivity index (χ4v) is 2.19. The van der Waals surface area contributed by atoms with Crippen molar-refractivity contribution in [2.24, 2.45) is 0 Å². The van der Waals surface area contributed by atoms with Gasteiger partial charge in [0, 0.05) is 16.8 Å². The Kier molecular flexibility index (Phi) is 5.06. The van der Waals surface area contributed by atoms with Crippen LogP contribution in [0.5, 0.6) is 0 Å². The van der Waals surface area contributed by atoms with Crippen molar-refractivity contribution in [1.29, 1.82) is 0 Å². The second-order valence-electron chi connectivity index (χ2n) is 5.63. The number of ketones is 2. The molecule has 1 N–H and O–H groups in total. The highest BCUT2D eigenvalue weighted by Gasteiger charge is 2.11. The number of aryl methyl sites for hydroxylation is 2. The maximum atomic E-state index is 12.5. The molecule has 118 valence electrons. The van der Waals surface area contributed by atoms with Gasteiger partial charge in [0.05, 0.1) is 6.42 Å². The van der Waals surface area contributed by atoms with Crippen molar-refractivity contribution < 1.29 is 14.4 Å². The van der Waals surface area contributed by atoms with E-state index in [2.05, 4.69) is 5.32 Å². The maximum Gasteiger partial charge on any atom is 0.231 e. The molecule has 23 heavy (non-hydrogen) atoms. The predicted molar refractivity (Wildman–Crippen MR) is 89.7 cm³/mol. The van der Waals surface area contributed by atoms with Crippen LogP contribution >= 0.6 is 0 Å². The number of Topliss-reactive ketones (excluding diaryl/α,β-unsaturated/α-hetero) is 1. The molecular weight excluding hydrogens is 290 g/mol. The highest BCUT2D eigenvalue weighted by atomic mass is 16.2. The lowest BCUT2D eigenvalue weighted by molar-refractivity contribution is -0.124. The Morgan fingerprint density at radius 2 is 1.48 bits per heavy atom. The number of amides is 1. The van der Waals surface area contributed by atoms with E-state index >= 15 is 0 Å². The first-order valence-corrected chi connectivity index (χ1v) is 7.38. The van der Waals surface area contributed by atoms with Gasteiger partial charge in [0.1, 0.15) is 5.78 Å². The number of anilines is 1. The number of hydrogen-bond acceptors (Lipinski definition) is 3. The molecule has 0 fully saturated rings. The molecule has 0 saturated carbocycles. The van der Waals surface area contributed by atoms with Gasteiger partial charge in [-0.1, -0.05) is 12.1 Å². The lowest BCUT2D eigenvalue weighted by Gasteiger charge is -2.07. The third kappa shape index (κ3) is 4.36. The fraction of sp³-hybridized carbons (Fsp3) is 0.211. The van der Waals surface area contributed by atoms with Crippen LogP contribution in [0.15, 0.2) is 42.5 Å². The minimum atomic E-state index is -0.356. The van der Waals surface area contributed by atoms with E-state index in [4.69, 9.17) is 0 Å². The first-order valence-electron chi connectivity index (χ1n) is 7.38. The smallest absolute Gasteiger partial charge is 0.231 e. The van der Waals surface area contributed by atoms with Crippen molar-refractivity contribution in [2.45, 2.75) is 27.2 Å². The summed E-state index contributed by atoms with van der Waals surface area (Å²) < 4.78 is 0. The molecular formula is C19H19NO3. The van der Waals surface area contributed by atoms with Crippen LogP contribution in [0, 0.1) is 13.8 Å². The topological polar surface area (TPSA) is 63.2 Å². The molecule has 0 aromatic heterocycles. The van der Waals surface area contributed by atoms with E-state index in [1.54, 1.807) is 24.3 Å². The molecule has 0 aliphatic heterocycles. The van der Waals surface area contributed by atoms with E-state index in [9.17, 15) is 14.4 Å².